The Balaban J connectivity index is 2.22. The van der Waals surface area contributed by atoms with Crippen LogP contribution in [0.25, 0.3) is 22.2 Å². The van der Waals surface area contributed by atoms with Gasteiger partial charge in [0.25, 0.3) is 0 Å². The molecule has 2 aromatic carbocycles. The van der Waals surface area contributed by atoms with Crippen molar-refractivity contribution in [3.63, 3.8) is 0 Å². The van der Waals surface area contributed by atoms with Gasteiger partial charge in [-0.3, -0.25) is 4.55 Å². The van der Waals surface area contributed by atoms with E-state index in [-0.39, 0.29) is 0 Å². The number of fused-ring (bicyclic) bond motifs is 1. The van der Waals surface area contributed by atoms with Crippen LogP contribution < -0.4 is 0 Å². The summed E-state index contributed by atoms with van der Waals surface area (Å²) in [6.45, 7) is 6.29. The van der Waals surface area contributed by atoms with Gasteiger partial charge >= 0.3 is 9.15 Å². The lowest BCUT2D eigenvalue weighted by Crippen LogP contribution is -2.30. The molecule has 0 aliphatic heterocycles. The van der Waals surface area contributed by atoms with Crippen molar-refractivity contribution in [2.75, 3.05) is 19.6 Å². The second-order valence-electron chi connectivity index (χ2n) is 8.53. The number of hydrogen-bond acceptors (Lipinski definition) is 5. The highest BCUT2D eigenvalue weighted by molar-refractivity contribution is 8.70. The van der Waals surface area contributed by atoms with Crippen molar-refractivity contribution in [3.05, 3.63) is 62.1 Å². The number of hydrogen-bond donors (Lipinski definition) is 1. The standard InChI is InChI=1S/C25H28Cl4N2O3S2/c1-3-5-9-31(10-6-4-2)15-24(35-36(32,33)34)18-14-23(16-7-8-20(27)21(28)11-16)30-25-19(18)12-17(26)13-22(25)29/h7-8,11-14,24H,3-6,9-10,15H2,1-2H3,(H,32,33,34). The molecule has 3 aromatic rings. The number of nitrogens with zero attached hydrogens (tertiary/aromatic N) is 2. The lowest BCUT2D eigenvalue weighted by atomic mass is 10.0. The molecular weight excluding hydrogens is 582 g/mol. The first-order valence-corrected chi connectivity index (χ1v) is 16.0. The van der Waals surface area contributed by atoms with Gasteiger partial charge in [0.05, 0.1) is 31.5 Å². The minimum Gasteiger partial charge on any atom is -0.302 e. The smallest absolute Gasteiger partial charge is 0.302 e. The lowest BCUT2D eigenvalue weighted by Gasteiger charge is -2.27. The van der Waals surface area contributed by atoms with Crippen LogP contribution in [0.5, 0.6) is 0 Å². The summed E-state index contributed by atoms with van der Waals surface area (Å²) in [5, 5.41) is 1.52. The average molecular weight is 610 g/mol. The normalized spacial score (nSPS) is 13.0. The topological polar surface area (TPSA) is 70.5 Å². The molecular formula is C25H28Cl4N2O3S2. The van der Waals surface area contributed by atoms with Gasteiger partial charge in [0.15, 0.2) is 0 Å². The molecule has 1 unspecified atom stereocenters. The Morgan fingerprint density at radius 3 is 2.19 bits per heavy atom. The first-order valence-electron chi connectivity index (χ1n) is 11.7. The van der Waals surface area contributed by atoms with Gasteiger partial charge in [-0.15, -0.1) is 0 Å². The van der Waals surface area contributed by atoms with Crippen molar-refractivity contribution in [3.8, 4) is 11.3 Å². The monoisotopic (exact) mass is 608 g/mol. The van der Waals surface area contributed by atoms with Crippen molar-refractivity contribution >= 4 is 77.3 Å². The molecule has 0 bridgehead atoms. The summed E-state index contributed by atoms with van der Waals surface area (Å²) in [7, 11) is -3.86. The third-order valence-corrected chi connectivity index (χ3v) is 9.29. The minimum atomic E-state index is -4.37. The largest absolute Gasteiger partial charge is 0.320 e. The summed E-state index contributed by atoms with van der Waals surface area (Å²) in [5.41, 5.74) is 2.39. The van der Waals surface area contributed by atoms with Gasteiger partial charge in [0, 0.05) is 33.3 Å². The molecule has 0 amide bonds. The maximum Gasteiger partial charge on any atom is 0.320 e. The van der Waals surface area contributed by atoms with E-state index in [0.29, 0.717) is 65.2 Å². The van der Waals surface area contributed by atoms with E-state index in [2.05, 4.69) is 18.7 Å². The maximum atomic E-state index is 12.1. The number of aromatic nitrogens is 1. The van der Waals surface area contributed by atoms with E-state index in [1.54, 1.807) is 30.3 Å². The fourth-order valence-corrected chi connectivity index (χ4v) is 7.04. The number of rotatable bonds is 12. The second-order valence-corrected chi connectivity index (χ2v) is 13.6. The van der Waals surface area contributed by atoms with Crippen LogP contribution in [0.1, 0.15) is 50.3 Å². The van der Waals surface area contributed by atoms with Crippen LogP contribution in [-0.4, -0.2) is 42.5 Å². The molecule has 1 heterocycles. The van der Waals surface area contributed by atoms with Crippen LogP contribution >= 0.6 is 57.2 Å². The van der Waals surface area contributed by atoms with E-state index in [4.69, 9.17) is 51.4 Å². The summed E-state index contributed by atoms with van der Waals surface area (Å²) in [5.74, 6) is 0. The van der Waals surface area contributed by atoms with E-state index < -0.39 is 14.4 Å². The number of halogens is 4. The van der Waals surface area contributed by atoms with Gasteiger partial charge in [-0.05, 0) is 61.8 Å². The summed E-state index contributed by atoms with van der Waals surface area (Å²) in [4.78, 5) is 6.99. The van der Waals surface area contributed by atoms with Gasteiger partial charge in [-0.2, -0.15) is 8.42 Å². The van der Waals surface area contributed by atoms with Gasteiger partial charge in [0.2, 0.25) is 0 Å². The van der Waals surface area contributed by atoms with Crippen LogP contribution in [0, 0.1) is 0 Å². The van der Waals surface area contributed by atoms with Crippen molar-refractivity contribution in [1.82, 2.24) is 9.88 Å². The molecule has 0 radical (unpaired) electrons. The first-order chi connectivity index (χ1) is 17.0. The molecule has 196 valence electrons. The summed E-state index contributed by atoms with van der Waals surface area (Å²) >= 11 is 25.3. The lowest BCUT2D eigenvalue weighted by molar-refractivity contribution is 0.267. The van der Waals surface area contributed by atoms with Crippen LogP contribution in [-0.2, 0) is 9.15 Å². The van der Waals surface area contributed by atoms with Crippen molar-refractivity contribution < 1.29 is 13.0 Å². The summed E-state index contributed by atoms with van der Waals surface area (Å²) in [6.07, 6.45) is 4.00. The Labute approximate surface area is 236 Å². The fraction of sp³-hybridized carbons (Fsp3) is 0.400. The highest BCUT2D eigenvalue weighted by Gasteiger charge is 2.26. The van der Waals surface area contributed by atoms with E-state index in [0.717, 1.165) is 38.8 Å². The Kier molecular flexibility index (Phi) is 11.0. The second kappa shape index (κ2) is 13.3. The predicted octanol–water partition coefficient (Wildman–Crippen LogP) is 8.99. The van der Waals surface area contributed by atoms with Crippen molar-refractivity contribution in [2.45, 2.75) is 44.8 Å². The molecule has 0 saturated carbocycles. The number of benzene rings is 2. The molecule has 0 aliphatic rings. The average Bonchev–Trinajstić information content (AvgIpc) is 2.80. The maximum absolute atomic E-state index is 12.1. The Hall–Kier alpha value is -0.770. The zero-order valence-corrected chi connectivity index (χ0v) is 24.6. The molecule has 5 nitrogen and oxygen atoms in total. The molecule has 3 rings (SSSR count). The Morgan fingerprint density at radius 1 is 0.944 bits per heavy atom. The molecule has 0 fully saturated rings. The predicted molar refractivity (Wildman–Crippen MR) is 155 cm³/mol. The zero-order valence-electron chi connectivity index (χ0n) is 20.0. The number of pyridine rings is 1. The highest BCUT2D eigenvalue weighted by Crippen LogP contribution is 2.41. The van der Waals surface area contributed by atoms with Crippen molar-refractivity contribution in [2.24, 2.45) is 0 Å². The van der Waals surface area contributed by atoms with Gasteiger partial charge in [-0.1, -0.05) is 79.2 Å². The molecule has 1 atom stereocenters. The third kappa shape index (κ3) is 8.11. The molecule has 1 aromatic heterocycles. The van der Waals surface area contributed by atoms with E-state index >= 15 is 0 Å². The quantitative estimate of drug-likeness (QED) is 0.163. The van der Waals surface area contributed by atoms with E-state index in [1.165, 1.54) is 0 Å². The van der Waals surface area contributed by atoms with Gasteiger partial charge in [-0.25, -0.2) is 4.98 Å². The SMILES string of the molecule is CCCCN(CCCC)CC(SS(=O)(=O)O)c1cc(-c2ccc(Cl)c(Cl)c2)nc2c(Cl)cc(Cl)cc12. The molecule has 1 N–H and O–H groups in total. The van der Waals surface area contributed by atoms with Gasteiger partial charge in [0.1, 0.15) is 0 Å². The Bertz CT molecular complexity index is 1310. The third-order valence-electron chi connectivity index (χ3n) is 5.74. The van der Waals surface area contributed by atoms with E-state index in [1.807, 2.05) is 6.07 Å². The minimum absolute atomic E-state index is 0.338. The summed E-state index contributed by atoms with van der Waals surface area (Å²) < 4.78 is 34.1. The molecule has 0 saturated heterocycles. The summed E-state index contributed by atoms with van der Waals surface area (Å²) in [6, 6.07) is 10.3. The zero-order chi connectivity index (χ0) is 26.5. The van der Waals surface area contributed by atoms with Crippen LogP contribution in [0.15, 0.2) is 36.4 Å². The Morgan fingerprint density at radius 2 is 1.61 bits per heavy atom. The molecule has 0 spiro atoms. The first kappa shape index (κ1) is 29.8. The molecule has 0 aliphatic carbocycles. The fourth-order valence-electron chi connectivity index (χ4n) is 3.97. The van der Waals surface area contributed by atoms with E-state index in [9.17, 15) is 13.0 Å². The molecule has 11 heteroatoms. The number of unbranched alkanes of at least 4 members (excludes halogenated alkanes) is 2. The van der Waals surface area contributed by atoms with Crippen LogP contribution in [0.3, 0.4) is 0 Å². The van der Waals surface area contributed by atoms with Gasteiger partial charge < -0.3 is 4.90 Å². The highest BCUT2D eigenvalue weighted by atomic mass is 35.5. The van der Waals surface area contributed by atoms with Crippen molar-refractivity contribution in [1.29, 1.82) is 0 Å². The molecule has 36 heavy (non-hydrogen) atoms. The van der Waals surface area contributed by atoms with Crippen LogP contribution in [0.2, 0.25) is 20.1 Å². The van der Waals surface area contributed by atoms with Crippen LogP contribution in [0.4, 0.5) is 0 Å².